The van der Waals surface area contributed by atoms with Crippen LogP contribution in [-0.4, -0.2) is 20.9 Å². The lowest BCUT2D eigenvalue weighted by atomic mass is 10.1. The molecule has 0 saturated carbocycles. The van der Waals surface area contributed by atoms with Gasteiger partial charge < -0.3 is 5.32 Å². The molecular formula is C16H17ClN2O3S. The minimum absolute atomic E-state index is 0.135. The summed E-state index contributed by atoms with van der Waals surface area (Å²) in [6, 6.07) is 11.4. The second-order valence-corrected chi connectivity index (χ2v) is 7.33. The molecule has 0 fully saturated rings. The highest BCUT2D eigenvalue weighted by Crippen LogP contribution is 2.16. The summed E-state index contributed by atoms with van der Waals surface area (Å²) in [5, 5.41) is 3.06. The van der Waals surface area contributed by atoms with E-state index in [1.54, 1.807) is 36.4 Å². The molecule has 0 aromatic heterocycles. The molecular weight excluding hydrogens is 336 g/mol. The Morgan fingerprint density at radius 3 is 2.48 bits per heavy atom. The zero-order valence-corrected chi connectivity index (χ0v) is 14.3. The molecule has 0 aliphatic heterocycles. The van der Waals surface area contributed by atoms with Crippen molar-refractivity contribution in [3.63, 3.8) is 0 Å². The lowest BCUT2D eigenvalue weighted by Crippen LogP contribution is -2.32. The van der Waals surface area contributed by atoms with Gasteiger partial charge in [-0.1, -0.05) is 23.7 Å². The number of aryl methyl sites for hydroxylation is 2. The molecule has 0 unspecified atom stereocenters. The van der Waals surface area contributed by atoms with Gasteiger partial charge in [0.05, 0.1) is 11.4 Å². The van der Waals surface area contributed by atoms with Crippen LogP contribution in [0.4, 0.5) is 5.69 Å². The number of amides is 1. The number of rotatable bonds is 5. The van der Waals surface area contributed by atoms with Gasteiger partial charge in [0.25, 0.3) is 0 Å². The van der Waals surface area contributed by atoms with Gasteiger partial charge in [-0.2, -0.15) is 0 Å². The Balaban J connectivity index is 2.01. The van der Waals surface area contributed by atoms with Crippen molar-refractivity contribution in [2.24, 2.45) is 0 Å². The molecule has 0 saturated heterocycles. The van der Waals surface area contributed by atoms with Gasteiger partial charge in [-0.05, 0) is 55.3 Å². The molecule has 0 aliphatic rings. The molecule has 0 aliphatic carbocycles. The average Bonchev–Trinajstić information content (AvgIpc) is 2.48. The maximum Gasteiger partial charge on any atom is 0.241 e. The number of sulfonamides is 1. The summed E-state index contributed by atoms with van der Waals surface area (Å²) in [7, 11) is -3.73. The number of halogens is 1. The number of hydrogen-bond donors (Lipinski definition) is 2. The SMILES string of the molecule is Cc1ccc(S(=O)(=O)NCC(=O)Nc2cccc(Cl)c2)cc1C. The lowest BCUT2D eigenvalue weighted by molar-refractivity contribution is -0.115. The molecule has 0 atom stereocenters. The molecule has 2 aromatic carbocycles. The second kappa shape index (κ2) is 7.12. The molecule has 0 spiro atoms. The van der Waals surface area contributed by atoms with E-state index in [1.165, 1.54) is 6.07 Å². The van der Waals surface area contributed by atoms with Crippen molar-refractivity contribution in [3.8, 4) is 0 Å². The lowest BCUT2D eigenvalue weighted by Gasteiger charge is -2.09. The van der Waals surface area contributed by atoms with Crippen molar-refractivity contribution in [1.82, 2.24) is 4.72 Å². The summed E-state index contributed by atoms with van der Waals surface area (Å²) in [4.78, 5) is 12.0. The third-order valence-electron chi connectivity index (χ3n) is 3.32. The van der Waals surface area contributed by atoms with E-state index in [0.717, 1.165) is 11.1 Å². The van der Waals surface area contributed by atoms with Crippen LogP contribution in [0.2, 0.25) is 5.02 Å². The van der Waals surface area contributed by atoms with Crippen LogP contribution in [0.1, 0.15) is 11.1 Å². The predicted octanol–water partition coefficient (Wildman–Crippen LogP) is 2.87. The fourth-order valence-corrected chi connectivity index (χ4v) is 3.15. The van der Waals surface area contributed by atoms with Crippen molar-refractivity contribution in [3.05, 3.63) is 58.6 Å². The van der Waals surface area contributed by atoms with Crippen LogP contribution >= 0.6 is 11.6 Å². The third-order valence-corrected chi connectivity index (χ3v) is 4.95. The Morgan fingerprint density at radius 2 is 1.83 bits per heavy atom. The maximum absolute atomic E-state index is 12.2. The highest BCUT2D eigenvalue weighted by atomic mass is 35.5. The van der Waals surface area contributed by atoms with Crippen molar-refractivity contribution in [2.75, 3.05) is 11.9 Å². The van der Waals surface area contributed by atoms with Gasteiger partial charge in [-0.3, -0.25) is 4.79 Å². The fourth-order valence-electron chi connectivity index (χ4n) is 1.90. The fraction of sp³-hybridized carbons (Fsp3) is 0.188. The Kier molecular flexibility index (Phi) is 5.41. The zero-order chi connectivity index (χ0) is 17.0. The van der Waals surface area contributed by atoms with Crippen LogP contribution in [0.25, 0.3) is 0 Å². The topological polar surface area (TPSA) is 75.3 Å². The van der Waals surface area contributed by atoms with E-state index in [4.69, 9.17) is 11.6 Å². The van der Waals surface area contributed by atoms with Crippen LogP contribution in [0.5, 0.6) is 0 Å². The van der Waals surface area contributed by atoms with Gasteiger partial charge in [0.1, 0.15) is 0 Å². The molecule has 122 valence electrons. The van der Waals surface area contributed by atoms with E-state index in [1.807, 2.05) is 13.8 Å². The zero-order valence-electron chi connectivity index (χ0n) is 12.8. The van der Waals surface area contributed by atoms with Crippen molar-refractivity contribution < 1.29 is 13.2 Å². The summed E-state index contributed by atoms with van der Waals surface area (Å²) >= 11 is 5.82. The highest BCUT2D eigenvalue weighted by Gasteiger charge is 2.16. The number of nitrogens with one attached hydrogen (secondary N) is 2. The van der Waals surface area contributed by atoms with Crippen LogP contribution in [-0.2, 0) is 14.8 Å². The van der Waals surface area contributed by atoms with Gasteiger partial charge in [0, 0.05) is 10.7 Å². The molecule has 2 N–H and O–H groups in total. The van der Waals surface area contributed by atoms with Gasteiger partial charge in [0.2, 0.25) is 15.9 Å². The van der Waals surface area contributed by atoms with Crippen LogP contribution in [0.15, 0.2) is 47.4 Å². The first-order chi connectivity index (χ1) is 10.8. The standard InChI is InChI=1S/C16H17ClN2O3S/c1-11-6-7-15(8-12(11)2)23(21,22)18-10-16(20)19-14-5-3-4-13(17)9-14/h3-9,18H,10H2,1-2H3,(H,19,20). The second-order valence-electron chi connectivity index (χ2n) is 5.13. The summed E-state index contributed by atoms with van der Waals surface area (Å²) < 4.78 is 26.7. The van der Waals surface area contributed by atoms with Gasteiger partial charge in [-0.15, -0.1) is 0 Å². The largest absolute Gasteiger partial charge is 0.325 e. The molecule has 2 aromatic rings. The van der Waals surface area contributed by atoms with Gasteiger partial charge >= 0.3 is 0 Å². The number of carbonyl (C=O) groups excluding carboxylic acids is 1. The number of benzene rings is 2. The predicted molar refractivity (Wildman–Crippen MR) is 91.2 cm³/mol. The first-order valence-corrected chi connectivity index (χ1v) is 8.76. The summed E-state index contributed by atoms with van der Waals surface area (Å²) in [5.74, 6) is -0.473. The van der Waals surface area contributed by atoms with Crippen molar-refractivity contribution in [2.45, 2.75) is 18.7 Å². The highest BCUT2D eigenvalue weighted by molar-refractivity contribution is 7.89. The molecule has 23 heavy (non-hydrogen) atoms. The van der Waals surface area contributed by atoms with Crippen molar-refractivity contribution >= 4 is 33.2 Å². The molecule has 0 bridgehead atoms. The Bertz CT molecular complexity index is 835. The summed E-state index contributed by atoms with van der Waals surface area (Å²) in [6.07, 6.45) is 0. The first-order valence-electron chi connectivity index (χ1n) is 6.90. The van der Waals surface area contributed by atoms with Crippen LogP contribution in [0, 0.1) is 13.8 Å². The quantitative estimate of drug-likeness (QED) is 0.868. The minimum Gasteiger partial charge on any atom is -0.325 e. The minimum atomic E-state index is -3.73. The monoisotopic (exact) mass is 352 g/mol. The van der Waals surface area contributed by atoms with E-state index < -0.39 is 15.9 Å². The first kappa shape index (κ1) is 17.5. The molecule has 1 amide bonds. The smallest absolute Gasteiger partial charge is 0.241 e. The van der Waals surface area contributed by atoms with E-state index in [0.29, 0.717) is 10.7 Å². The number of hydrogen-bond acceptors (Lipinski definition) is 3. The van der Waals surface area contributed by atoms with E-state index in [9.17, 15) is 13.2 Å². The third kappa shape index (κ3) is 4.79. The molecule has 2 rings (SSSR count). The maximum atomic E-state index is 12.2. The normalized spacial score (nSPS) is 11.3. The van der Waals surface area contributed by atoms with E-state index >= 15 is 0 Å². The van der Waals surface area contributed by atoms with E-state index in [-0.39, 0.29) is 11.4 Å². The number of anilines is 1. The molecule has 7 heteroatoms. The van der Waals surface area contributed by atoms with Crippen LogP contribution in [0.3, 0.4) is 0 Å². The van der Waals surface area contributed by atoms with Gasteiger partial charge in [-0.25, -0.2) is 13.1 Å². The molecule has 0 heterocycles. The summed E-state index contributed by atoms with van der Waals surface area (Å²) in [6.45, 7) is 3.37. The Morgan fingerprint density at radius 1 is 1.09 bits per heavy atom. The molecule has 0 radical (unpaired) electrons. The van der Waals surface area contributed by atoms with Crippen molar-refractivity contribution in [1.29, 1.82) is 0 Å². The molecule has 5 nitrogen and oxygen atoms in total. The number of carbonyl (C=O) groups is 1. The Labute approximate surface area is 140 Å². The average molecular weight is 353 g/mol. The Hall–Kier alpha value is -1.89. The van der Waals surface area contributed by atoms with Gasteiger partial charge in [0.15, 0.2) is 0 Å². The van der Waals surface area contributed by atoms with E-state index in [2.05, 4.69) is 10.0 Å². The summed E-state index contributed by atoms with van der Waals surface area (Å²) in [5.41, 5.74) is 2.38. The van der Waals surface area contributed by atoms with Crippen LogP contribution < -0.4 is 10.0 Å².